The molecule has 0 bridgehead atoms. The van der Waals surface area contributed by atoms with Crippen LogP contribution < -0.4 is 0 Å². The minimum absolute atomic E-state index is 0.0876. The van der Waals surface area contributed by atoms with E-state index in [1.807, 2.05) is 19.9 Å². The van der Waals surface area contributed by atoms with Gasteiger partial charge in [0.25, 0.3) is 5.91 Å². The van der Waals surface area contributed by atoms with E-state index in [1.165, 1.54) is 0 Å². The molecular weight excluding hydrogens is 312 g/mol. The topological polar surface area (TPSA) is 78.2 Å². The van der Waals surface area contributed by atoms with Crippen molar-refractivity contribution in [2.45, 2.75) is 31.9 Å². The monoisotopic (exact) mass is 334 g/mol. The van der Waals surface area contributed by atoms with Gasteiger partial charge >= 0.3 is 0 Å². The molecule has 6 heteroatoms. The number of nitrogens with zero attached hydrogens (tertiary/aromatic N) is 2. The normalized spacial score (nSPS) is 18.7. The van der Waals surface area contributed by atoms with Gasteiger partial charge in [0.2, 0.25) is 0 Å². The summed E-state index contributed by atoms with van der Waals surface area (Å²) in [6.07, 6.45) is 1.32. The van der Waals surface area contributed by atoms with E-state index in [4.69, 9.17) is 5.26 Å². The summed E-state index contributed by atoms with van der Waals surface area (Å²) in [4.78, 5) is 14.2. The summed E-state index contributed by atoms with van der Waals surface area (Å²) in [5.74, 6) is 0.0832. The molecular formula is C17H22N2O3S. The minimum Gasteiger partial charge on any atom is -0.337 e. The Morgan fingerprint density at radius 2 is 2.00 bits per heavy atom. The highest BCUT2D eigenvalue weighted by Crippen LogP contribution is 2.21. The highest BCUT2D eigenvalue weighted by atomic mass is 32.2. The fourth-order valence-corrected chi connectivity index (χ4v) is 5.02. The zero-order valence-corrected chi connectivity index (χ0v) is 14.3. The fraction of sp³-hybridized carbons (Fsp3) is 0.529. The summed E-state index contributed by atoms with van der Waals surface area (Å²) >= 11 is 0. The molecule has 0 unspecified atom stereocenters. The summed E-state index contributed by atoms with van der Waals surface area (Å²) in [6.45, 7) is 4.61. The molecule has 1 aliphatic heterocycles. The molecule has 0 aliphatic carbocycles. The van der Waals surface area contributed by atoms with E-state index in [0.717, 1.165) is 0 Å². The number of piperidine rings is 1. The minimum atomic E-state index is -3.18. The first-order valence-electron chi connectivity index (χ1n) is 7.84. The van der Waals surface area contributed by atoms with Crippen molar-refractivity contribution in [1.82, 2.24) is 4.90 Å². The molecule has 5 nitrogen and oxygen atoms in total. The number of carbonyl (C=O) groups is 1. The molecule has 0 saturated carbocycles. The lowest BCUT2D eigenvalue weighted by Gasteiger charge is -2.33. The van der Waals surface area contributed by atoms with Crippen molar-refractivity contribution in [2.24, 2.45) is 5.92 Å². The van der Waals surface area contributed by atoms with Crippen LogP contribution in [0.5, 0.6) is 0 Å². The van der Waals surface area contributed by atoms with Gasteiger partial charge in [0.15, 0.2) is 9.84 Å². The van der Waals surface area contributed by atoms with Crippen molar-refractivity contribution in [1.29, 1.82) is 5.26 Å². The molecule has 1 aromatic rings. The first-order valence-corrected chi connectivity index (χ1v) is 9.56. The van der Waals surface area contributed by atoms with Crippen LogP contribution in [0.3, 0.4) is 0 Å². The summed E-state index contributed by atoms with van der Waals surface area (Å²) in [6, 6.07) is 8.45. The third-order valence-electron chi connectivity index (χ3n) is 4.00. The quantitative estimate of drug-likeness (QED) is 0.846. The second-order valence-electron chi connectivity index (χ2n) is 6.43. The second kappa shape index (κ2) is 7.14. The molecule has 1 amide bonds. The van der Waals surface area contributed by atoms with E-state index < -0.39 is 15.1 Å². The average Bonchev–Trinajstić information content (AvgIpc) is 2.53. The molecule has 0 spiro atoms. The molecule has 1 saturated heterocycles. The molecule has 1 heterocycles. The molecule has 1 aromatic carbocycles. The van der Waals surface area contributed by atoms with Gasteiger partial charge < -0.3 is 4.90 Å². The van der Waals surface area contributed by atoms with E-state index in [1.54, 1.807) is 29.2 Å². The van der Waals surface area contributed by atoms with Crippen LogP contribution in [-0.2, 0) is 9.84 Å². The zero-order valence-electron chi connectivity index (χ0n) is 13.5. The lowest BCUT2D eigenvalue weighted by Crippen LogP contribution is -2.46. The molecule has 2 rings (SSSR count). The van der Waals surface area contributed by atoms with Gasteiger partial charge in [-0.05, 0) is 43.0 Å². The van der Waals surface area contributed by atoms with Crippen LogP contribution in [0.25, 0.3) is 0 Å². The van der Waals surface area contributed by atoms with Crippen molar-refractivity contribution >= 4 is 15.7 Å². The Morgan fingerprint density at radius 1 is 1.35 bits per heavy atom. The van der Waals surface area contributed by atoms with Gasteiger partial charge in [-0.15, -0.1) is 0 Å². The highest BCUT2D eigenvalue weighted by Gasteiger charge is 2.33. The molecule has 1 aliphatic rings. The first kappa shape index (κ1) is 17.5. The number of nitriles is 1. The summed E-state index contributed by atoms with van der Waals surface area (Å²) in [7, 11) is -3.18. The lowest BCUT2D eigenvalue weighted by molar-refractivity contribution is 0.0727. The van der Waals surface area contributed by atoms with Crippen LogP contribution >= 0.6 is 0 Å². The number of sulfone groups is 1. The Morgan fingerprint density at radius 3 is 2.57 bits per heavy atom. The van der Waals surface area contributed by atoms with Gasteiger partial charge in [-0.25, -0.2) is 8.42 Å². The van der Waals surface area contributed by atoms with Crippen molar-refractivity contribution in [3.8, 4) is 6.07 Å². The predicted molar refractivity (Wildman–Crippen MR) is 88.7 cm³/mol. The molecule has 0 N–H and O–H groups in total. The summed E-state index contributed by atoms with van der Waals surface area (Å²) < 4.78 is 24.8. The third-order valence-corrected chi connectivity index (χ3v) is 6.53. The van der Waals surface area contributed by atoms with Crippen molar-refractivity contribution in [2.75, 3.05) is 18.8 Å². The summed E-state index contributed by atoms with van der Waals surface area (Å²) in [5.41, 5.74) is 0.989. The van der Waals surface area contributed by atoms with Crippen LogP contribution in [0.4, 0.5) is 0 Å². The van der Waals surface area contributed by atoms with Crippen LogP contribution in [-0.4, -0.2) is 43.3 Å². The molecule has 0 aromatic heterocycles. The average molecular weight is 334 g/mol. The smallest absolute Gasteiger partial charge is 0.253 e. The van der Waals surface area contributed by atoms with Crippen molar-refractivity contribution in [3.05, 3.63) is 35.4 Å². The molecule has 124 valence electrons. The van der Waals surface area contributed by atoms with Gasteiger partial charge in [0.1, 0.15) is 0 Å². The van der Waals surface area contributed by atoms with Gasteiger partial charge in [-0.3, -0.25) is 4.79 Å². The van der Waals surface area contributed by atoms with Crippen molar-refractivity contribution < 1.29 is 13.2 Å². The van der Waals surface area contributed by atoms with Gasteiger partial charge in [-0.1, -0.05) is 13.8 Å². The van der Waals surface area contributed by atoms with E-state index in [2.05, 4.69) is 0 Å². The third kappa shape index (κ3) is 4.32. The maximum Gasteiger partial charge on any atom is 0.253 e. The Hall–Kier alpha value is -1.87. The second-order valence-corrected chi connectivity index (χ2v) is 8.75. The summed E-state index contributed by atoms with van der Waals surface area (Å²) in [5, 5.41) is 8.33. The molecule has 1 atom stereocenters. The number of amides is 1. The van der Waals surface area contributed by atoms with Crippen LogP contribution in [0.15, 0.2) is 24.3 Å². The molecule has 23 heavy (non-hydrogen) atoms. The standard InChI is InChI=1S/C17H22N2O3S/c1-13(2)12-23(21,22)16-4-3-9-19(11-16)17(20)15-7-5-14(10-18)6-8-15/h5-8,13,16H,3-4,9,11-12H2,1-2H3/t16-/m1/s1. The lowest BCUT2D eigenvalue weighted by atomic mass is 10.1. The van der Waals surface area contributed by atoms with Crippen LogP contribution in [0, 0.1) is 17.2 Å². The van der Waals surface area contributed by atoms with Gasteiger partial charge in [0.05, 0.1) is 22.6 Å². The molecule has 0 radical (unpaired) electrons. The molecule has 1 fully saturated rings. The van der Waals surface area contributed by atoms with E-state index in [0.29, 0.717) is 30.5 Å². The predicted octanol–water partition coefficient (Wildman–Crippen LogP) is 2.23. The Kier molecular flexibility index (Phi) is 5.42. The number of hydrogen-bond acceptors (Lipinski definition) is 4. The van der Waals surface area contributed by atoms with Crippen LogP contribution in [0.1, 0.15) is 42.6 Å². The van der Waals surface area contributed by atoms with E-state index in [-0.39, 0.29) is 24.1 Å². The number of hydrogen-bond donors (Lipinski definition) is 0. The Labute approximate surface area is 137 Å². The largest absolute Gasteiger partial charge is 0.337 e. The zero-order chi connectivity index (χ0) is 17.0. The number of benzene rings is 1. The van der Waals surface area contributed by atoms with Crippen molar-refractivity contribution in [3.63, 3.8) is 0 Å². The number of rotatable bonds is 4. The Balaban J connectivity index is 2.11. The van der Waals surface area contributed by atoms with Gasteiger partial charge in [-0.2, -0.15) is 5.26 Å². The SMILES string of the molecule is CC(C)CS(=O)(=O)[C@@H]1CCCN(C(=O)c2ccc(C#N)cc2)C1. The number of carbonyl (C=O) groups excluding carboxylic acids is 1. The van der Waals surface area contributed by atoms with Crippen LogP contribution in [0.2, 0.25) is 0 Å². The maximum absolute atomic E-state index is 12.5. The fourth-order valence-electron chi connectivity index (χ4n) is 2.89. The van der Waals surface area contributed by atoms with E-state index >= 15 is 0 Å². The van der Waals surface area contributed by atoms with Gasteiger partial charge in [0, 0.05) is 18.7 Å². The maximum atomic E-state index is 12.5. The van der Waals surface area contributed by atoms with E-state index in [9.17, 15) is 13.2 Å². The Bertz CT molecular complexity index is 702. The highest BCUT2D eigenvalue weighted by molar-refractivity contribution is 7.92. The first-order chi connectivity index (χ1) is 10.8. The number of likely N-dealkylation sites (tertiary alicyclic amines) is 1.